The van der Waals surface area contributed by atoms with Gasteiger partial charge in [-0.25, -0.2) is 0 Å². The molecule has 0 spiro atoms. The number of nitrogens with two attached hydrogens (primary N) is 1. The summed E-state index contributed by atoms with van der Waals surface area (Å²) in [5.41, 5.74) is 5.73. The molecule has 0 saturated carbocycles. The van der Waals surface area contributed by atoms with Crippen molar-refractivity contribution in [1.29, 1.82) is 0 Å². The zero-order chi connectivity index (χ0) is 14.0. The van der Waals surface area contributed by atoms with Gasteiger partial charge in [-0.2, -0.15) is 0 Å². The topological polar surface area (TPSA) is 84.2 Å². The Kier molecular flexibility index (Phi) is 9.28. The number of amides is 2. The van der Waals surface area contributed by atoms with Gasteiger partial charge >= 0.3 is 0 Å². The lowest BCUT2D eigenvalue weighted by atomic mass is 10.1. The molecule has 5 heteroatoms. The summed E-state index contributed by atoms with van der Waals surface area (Å²) >= 11 is 0. The fourth-order valence-corrected chi connectivity index (χ4v) is 1.48. The van der Waals surface area contributed by atoms with Gasteiger partial charge in [0.2, 0.25) is 11.8 Å². The van der Waals surface area contributed by atoms with Crippen molar-refractivity contribution in [3.05, 3.63) is 0 Å². The summed E-state index contributed by atoms with van der Waals surface area (Å²) in [5.74, 6) is -0.402. The zero-order valence-electron chi connectivity index (χ0n) is 11.8. The predicted octanol–water partition coefficient (Wildman–Crippen LogP) is 0.925. The van der Waals surface area contributed by atoms with E-state index >= 15 is 0 Å². The molecule has 0 unspecified atom stereocenters. The molecule has 0 saturated heterocycles. The number of unbranched alkanes of at least 4 members (excludes halogenated alkanes) is 2. The molecule has 2 amide bonds. The van der Waals surface area contributed by atoms with E-state index in [1.165, 1.54) is 0 Å². The molecule has 0 aliphatic carbocycles. The summed E-state index contributed by atoms with van der Waals surface area (Å²) in [6, 6.07) is -1.04. The molecule has 0 fully saturated rings. The first-order valence-corrected chi connectivity index (χ1v) is 6.86. The summed E-state index contributed by atoms with van der Waals surface area (Å²) in [6.45, 7) is 6.43. The first kappa shape index (κ1) is 16.9. The van der Waals surface area contributed by atoms with Gasteiger partial charge in [0.25, 0.3) is 0 Å². The van der Waals surface area contributed by atoms with Gasteiger partial charge in [-0.15, -0.1) is 0 Å². The van der Waals surface area contributed by atoms with E-state index in [9.17, 15) is 9.59 Å². The van der Waals surface area contributed by atoms with Crippen molar-refractivity contribution in [2.24, 2.45) is 5.73 Å². The molecule has 0 bridgehead atoms. The maximum absolute atomic E-state index is 11.7. The van der Waals surface area contributed by atoms with Crippen molar-refractivity contribution in [2.45, 2.75) is 65.0 Å². The monoisotopic (exact) mass is 257 g/mol. The lowest BCUT2D eigenvalue weighted by Crippen LogP contribution is -2.50. The van der Waals surface area contributed by atoms with Crippen molar-refractivity contribution in [3.8, 4) is 0 Å². The molecule has 0 aliphatic heterocycles. The summed E-state index contributed by atoms with van der Waals surface area (Å²) in [7, 11) is 0. The summed E-state index contributed by atoms with van der Waals surface area (Å²) in [4.78, 5) is 23.3. The normalized spacial score (nSPS) is 13.8. The number of rotatable bonds is 9. The molecule has 18 heavy (non-hydrogen) atoms. The fourth-order valence-electron chi connectivity index (χ4n) is 1.48. The summed E-state index contributed by atoms with van der Waals surface area (Å²) in [6.07, 6.45) is 4.57. The van der Waals surface area contributed by atoms with Crippen LogP contribution in [-0.4, -0.2) is 30.4 Å². The third kappa shape index (κ3) is 7.27. The minimum absolute atomic E-state index is 0.153. The van der Waals surface area contributed by atoms with E-state index in [1.54, 1.807) is 6.92 Å². The minimum Gasteiger partial charge on any atom is -0.354 e. The maximum Gasteiger partial charge on any atom is 0.242 e. The number of hydrogen-bond acceptors (Lipinski definition) is 3. The number of nitrogens with one attached hydrogen (secondary N) is 2. The van der Waals surface area contributed by atoms with E-state index in [2.05, 4.69) is 24.5 Å². The van der Waals surface area contributed by atoms with E-state index in [0.717, 1.165) is 25.7 Å². The van der Waals surface area contributed by atoms with Crippen LogP contribution in [0.5, 0.6) is 0 Å². The maximum atomic E-state index is 11.7. The highest BCUT2D eigenvalue weighted by Gasteiger charge is 2.19. The predicted molar refractivity (Wildman–Crippen MR) is 73.0 cm³/mol. The Morgan fingerprint density at radius 1 is 1.11 bits per heavy atom. The molecule has 0 aromatic carbocycles. The smallest absolute Gasteiger partial charge is 0.242 e. The number of hydrogen-bond donors (Lipinski definition) is 3. The van der Waals surface area contributed by atoms with Crippen LogP contribution in [0, 0.1) is 0 Å². The second-order valence-corrected chi connectivity index (χ2v) is 4.62. The van der Waals surface area contributed by atoms with Crippen LogP contribution in [-0.2, 0) is 9.59 Å². The Balaban J connectivity index is 3.94. The van der Waals surface area contributed by atoms with Crippen LogP contribution in [0.15, 0.2) is 0 Å². The first-order valence-electron chi connectivity index (χ1n) is 6.86. The highest BCUT2D eigenvalue weighted by Crippen LogP contribution is 1.98. The van der Waals surface area contributed by atoms with Gasteiger partial charge < -0.3 is 16.4 Å². The van der Waals surface area contributed by atoms with Crippen LogP contribution in [0.25, 0.3) is 0 Å². The second kappa shape index (κ2) is 9.88. The molecule has 0 heterocycles. The fraction of sp³-hybridized carbons (Fsp3) is 0.846. The zero-order valence-corrected chi connectivity index (χ0v) is 11.8. The Morgan fingerprint density at radius 3 is 2.28 bits per heavy atom. The number of carbonyl (C=O) groups excluding carboxylic acids is 2. The Hall–Kier alpha value is -1.10. The van der Waals surface area contributed by atoms with Crippen LogP contribution in [0.1, 0.15) is 52.9 Å². The van der Waals surface area contributed by atoms with Crippen LogP contribution in [0.2, 0.25) is 0 Å². The highest BCUT2D eigenvalue weighted by molar-refractivity contribution is 5.89. The van der Waals surface area contributed by atoms with Crippen LogP contribution >= 0.6 is 0 Å². The molecule has 106 valence electrons. The molecule has 5 nitrogen and oxygen atoms in total. The van der Waals surface area contributed by atoms with Crippen molar-refractivity contribution in [2.75, 3.05) is 6.54 Å². The van der Waals surface area contributed by atoms with Gasteiger partial charge in [0.15, 0.2) is 0 Å². The van der Waals surface area contributed by atoms with E-state index in [0.29, 0.717) is 13.0 Å². The molecular weight excluding hydrogens is 230 g/mol. The van der Waals surface area contributed by atoms with Crippen molar-refractivity contribution < 1.29 is 9.59 Å². The Labute approximate surface area is 110 Å². The van der Waals surface area contributed by atoms with Gasteiger partial charge in [-0.05, 0) is 19.8 Å². The van der Waals surface area contributed by atoms with Crippen LogP contribution in [0.4, 0.5) is 0 Å². The van der Waals surface area contributed by atoms with Crippen LogP contribution < -0.4 is 16.4 Å². The SMILES string of the molecule is CCCCNC(=O)[C@H](C)NC(=O)[C@@H](N)CCCC. The van der Waals surface area contributed by atoms with Crippen molar-refractivity contribution >= 4 is 11.8 Å². The van der Waals surface area contributed by atoms with Gasteiger partial charge in [0.1, 0.15) is 6.04 Å². The molecular formula is C13H27N3O2. The molecule has 0 radical (unpaired) electrons. The summed E-state index contributed by atoms with van der Waals surface area (Å²) in [5, 5.41) is 5.42. The second-order valence-electron chi connectivity index (χ2n) is 4.62. The molecule has 2 atom stereocenters. The molecule has 0 rings (SSSR count). The van der Waals surface area contributed by atoms with E-state index < -0.39 is 12.1 Å². The van der Waals surface area contributed by atoms with E-state index in [1.807, 2.05) is 0 Å². The Morgan fingerprint density at radius 2 is 1.72 bits per heavy atom. The number of carbonyl (C=O) groups is 2. The first-order chi connectivity index (χ1) is 8.52. The molecule has 4 N–H and O–H groups in total. The lowest BCUT2D eigenvalue weighted by molar-refractivity contribution is -0.129. The van der Waals surface area contributed by atoms with Gasteiger partial charge in [0, 0.05) is 6.54 Å². The third-order valence-corrected chi connectivity index (χ3v) is 2.79. The average molecular weight is 257 g/mol. The van der Waals surface area contributed by atoms with E-state index in [4.69, 9.17) is 5.73 Å². The quantitative estimate of drug-likeness (QED) is 0.537. The third-order valence-electron chi connectivity index (χ3n) is 2.79. The van der Waals surface area contributed by atoms with Crippen molar-refractivity contribution in [1.82, 2.24) is 10.6 Å². The largest absolute Gasteiger partial charge is 0.354 e. The van der Waals surface area contributed by atoms with Crippen molar-refractivity contribution in [3.63, 3.8) is 0 Å². The van der Waals surface area contributed by atoms with E-state index in [-0.39, 0.29) is 11.8 Å². The van der Waals surface area contributed by atoms with Gasteiger partial charge in [-0.1, -0.05) is 33.1 Å². The minimum atomic E-state index is -0.526. The average Bonchev–Trinajstić information content (AvgIpc) is 2.35. The highest BCUT2D eigenvalue weighted by atomic mass is 16.2. The van der Waals surface area contributed by atoms with Gasteiger partial charge in [-0.3, -0.25) is 9.59 Å². The molecule has 0 aromatic rings. The summed E-state index contributed by atoms with van der Waals surface area (Å²) < 4.78 is 0. The lowest BCUT2D eigenvalue weighted by Gasteiger charge is -2.17. The molecule has 0 aliphatic rings. The van der Waals surface area contributed by atoms with Crippen LogP contribution in [0.3, 0.4) is 0 Å². The Bertz CT molecular complexity index is 257. The standard InChI is InChI=1S/C13H27N3O2/c1-4-6-8-11(14)13(18)16-10(3)12(17)15-9-7-5-2/h10-11H,4-9,14H2,1-3H3,(H,15,17)(H,16,18)/t10-,11-/m0/s1. The van der Waals surface area contributed by atoms with Gasteiger partial charge in [0.05, 0.1) is 6.04 Å². The molecule has 0 aromatic heterocycles.